The van der Waals surface area contributed by atoms with Crippen molar-refractivity contribution in [3.63, 3.8) is 0 Å². The molecule has 0 bridgehead atoms. The second-order valence-corrected chi connectivity index (χ2v) is 12.4. The van der Waals surface area contributed by atoms with Crippen molar-refractivity contribution in [2.24, 2.45) is 0 Å². The van der Waals surface area contributed by atoms with E-state index in [-0.39, 0.29) is 0 Å². The van der Waals surface area contributed by atoms with Gasteiger partial charge in [-0.25, -0.2) is 15.0 Å². The van der Waals surface area contributed by atoms with Crippen LogP contribution in [0, 0.1) is 0 Å². The topological polar surface area (TPSA) is 43.6 Å². The lowest BCUT2D eigenvalue weighted by molar-refractivity contribution is 1.07. The second-order valence-electron chi connectivity index (χ2n) is 12.4. The molecule has 0 radical (unpaired) electrons. The maximum atomic E-state index is 5.08. The molecule has 2 aromatic heterocycles. The Labute approximate surface area is 291 Å². The standard InChI is InChI=1S/C46H32N4/c1-4-16-33(17-5-1)44-47-45(34-18-6-2-7-19-34)49-46(48-44)41-26-13-12-24-38(41)37-23-11-10-22-36(37)32-28-30-40-39-25-14-15-27-42(39)50(43(40)31-29-32)35-20-8-3-9-21-35/h1-29,31H,30H2. The van der Waals surface area contributed by atoms with E-state index < -0.39 is 0 Å². The number of allylic oxidation sites excluding steroid dienone is 3. The molecule has 236 valence electrons. The molecule has 50 heavy (non-hydrogen) atoms. The third-order valence-electron chi connectivity index (χ3n) is 9.38. The van der Waals surface area contributed by atoms with Gasteiger partial charge in [0.1, 0.15) is 0 Å². The summed E-state index contributed by atoms with van der Waals surface area (Å²) in [6, 6.07) is 56.7. The molecule has 1 aliphatic carbocycles. The summed E-state index contributed by atoms with van der Waals surface area (Å²) >= 11 is 0. The molecule has 9 rings (SSSR count). The zero-order valence-electron chi connectivity index (χ0n) is 27.3. The molecule has 0 unspecified atom stereocenters. The quantitative estimate of drug-likeness (QED) is 0.182. The number of rotatable bonds is 6. The Morgan fingerprint density at radius 1 is 0.420 bits per heavy atom. The summed E-state index contributed by atoms with van der Waals surface area (Å²) in [5, 5.41) is 1.28. The van der Waals surface area contributed by atoms with Crippen LogP contribution in [0.4, 0.5) is 0 Å². The van der Waals surface area contributed by atoms with Gasteiger partial charge in [-0.2, -0.15) is 0 Å². The van der Waals surface area contributed by atoms with Crippen molar-refractivity contribution in [3.8, 4) is 51.0 Å². The lowest BCUT2D eigenvalue weighted by Gasteiger charge is -2.15. The molecule has 4 heteroatoms. The molecule has 0 atom stereocenters. The van der Waals surface area contributed by atoms with Gasteiger partial charge in [0.05, 0.1) is 11.2 Å². The average Bonchev–Trinajstić information content (AvgIpc) is 3.35. The van der Waals surface area contributed by atoms with Gasteiger partial charge < -0.3 is 4.57 Å². The first kappa shape index (κ1) is 29.5. The van der Waals surface area contributed by atoms with Crippen molar-refractivity contribution in [3.05, 3.63) is 193 Å². The number of aromatic nitrogens is 4. The number of benzene rings is 6. The lowest BCUT2D eigenvalue weighted by Crippen LogP contribution is -2.01. The molecule has 0 N–H and O–H groups in total. The third-order valence-corrected chi connectivity index (χ3v) is 9.38. The maximum absolute atomic E-state index is 5.08. The summed E-state index contributed by atoms with van der Waals surface area (Å²) in [5.41, 5.74) is 12.3. The van der Waals surface area contributed by atoms with E-state index in [4.69, 9.17) is 15.0 Å². The molecular weight excluding hydrogens is 609 g/mol. The van der Waals surface area contributed by atoms with Crippen LogP contribution in [0.25, 0.3) is 73.5 Å². The Balaban J connectivity index is 1.17. The third kappa shape index (κ3) is 5.33. The zero-order valence-corrected chi connectivity index (χ0v) is 27.3. The minimum Gasteiger partial charge on any atom is -0.310 e. The van der Waals surface area contributed by atoms with Gasteiger partial charge in [0, 0.05) is 27.8 Å². The largest absolute Gasteiger partial charge is 0.310 e. The monoisotopic (exact) mass is 640 g/mol. The molecule has 2 heterocycles. The molecule has 6 aromatic carbocycles. The van der Waals surface area contributed by atoms with E-state index in [1.54, 1.807) is 0 Å². The summed E-state index contributed by atoms with van der Waals surface area (Å²) in [4.78, 5) is 15.1. The van der Waals surface area contributed by atoms with E-state index in [2.05, 4.69) is 126 Å². The van der Waals surface area contributed by atoms with Crippen molar-refractivity contribution >= 4 is 22.6 Å². The minimum atomic E-state index is 0.643. The van der Waals surface area contributed by atoms with Crippen molar-refractivity contribution in [2.45, 2.75) is 6.42 Å². The highest BCUT2D eigenvalue weighted by molar-refractivity contribution is 5.96. The van der Waals surface area contributed by atoms with Gasteiger partial charge in [-0.15, -0.1) is 0 Å². The summed E-state index contributed by atoms with van der Waals surface area (Å²) in [6.07, 6.45) is 7.75. The molecule has 0 spiro atoms. The number of hydrogen-bond acceptors (Lipinski definition) is 3. The fourth-order valence-corrected chi connectivity index (χ4v) is 7.03. The van der Waals surface area contributed by atoms with Crippen LogP contribution >= 0.6 is 0 Å². The molecule has 0 amide bonds. The number of para-hydroxylation sites is 2. The first-order chi connectivity index (χ1) is 24.8. The Morgan fingerprint density at radius 2 is 0.920 bits per heavy atom. The van der Waals surface area contributed by atoms with Crippen molar-refractivity contribution in [2.75, 3.05) is 0 Å². The predicted molar refractivity (Wildman–Crippen MR) is 206 cm³/mol. The van der Waals surface area contributed by atoms with Gasteiger partial charge in [-0.1, -0.05) is 158 Å². The first-order valence-electron chi connectivity index (χ1n) is 16.9. The molecule has 0 fully saturated rings. The second kappa shape index (κ2) is 12.8. The maximum Gasteiger partial charge on any atom is 0.164 e. The summed E-state index contributed by atoms with van der Waals surface area (Å²) in [5.74, 6) is 1.94. The van der Waals surface area contributed by atoms with Crippen LogP contribution in [0.2, 0.25) is 0 Å². The SMILES string of the molecule is C1=Cc2c(c3ccccc3n2-c2ccccc2)CC=C1c1ccccc1-c1ccccc1-c1nc(-c2ccccc2)nc(-c2ccccc2)n1. The smallest absolute Gasteiger partial charge is 0.164 e. The van der Waals surface area contributed by atoms with Gasteiger partial charge in [0.25, 0.3) is 0 Å². The lowest BCUT2D eigenvalue weighted by atomic mass is 9.91. The van der Waals surface area contributed by atoms with Gasteiger partial charge in [-0.05, 0) is 58.5 Å². The molecule has 0 saturated heterocycles. The Hall–Kier alpha value is -6.65. The number of fused-ring (bicyclic) bond motifs is 3. The van der Waals surface area contributed by atoms with E-state index in [1.165, 1.54) is 27.7 Å². The zero-order chi connectivity index (χ0) is 33.3. The highest BCUT2D eigenvalue weighted by Gasteiger charge is 2.21. The first-order valence-corrected chi connectivity index (χ1v) is 16.9. The summed E-state index contributed by atoms with van der Waals surface area (Å²) in [7, 11) is 0. The van der Waals surface area contributed by atoms with Crippen LogP contribution in [0.1, 0.15) is 16.8 Å². The average molecular weight is 641 g/mol. The van der Waals surface area contributed by atoms with Crippen molar-refractivity contribution in [1.82, 2.24) is 19.5 Å². The van der Waals surface area contributed by atoms with Crippen LogP contribution in [0.5, 0.6) is 0 Å². The molecule has 0 saturated carbocycles. The Morgan fingerprint density at radius 3 is 1.58 bits per heavy atom. The highest BCUT2D eigenvalue weighted by Crippen LogP contribution is 2.39. The van der Waals surface area contributed by atoms with E-state index in [0.29, 0.717) is 17.5 Å². The summed E-state index contributed by atoms with van der Waals surface area (Å²) in [6.45, 7) is 0. The van der Waals surface area contributed by atoms with Crippen LogP contribution in [0.3, 0.4) is 0 Å². The Kier molecular flexibility index (Phi) is 7.52. The van der Waals surface area contributed by atoms with Gasteiger partial charge >= 0.3 is 0 Å². The van der Waals surface area contributed by atoms with E-state index in [9.17, 15) is 0 Å². The van der Waals surface area contributed by atoms with E-state index >= 15 is 0 Å². The van der Waals surface area contributed by atoms with Gasteiger partial charge in [0.2, 0.25) is 0 Å². The fourth-order valence-electron chi connectivity index (χ4n) is 7.03. The van der Waals surface area contributed by atoms with E-state index in [0.717, 1.165) is 45.5 Å². The minimum absolute atomic E-state index is 0.643. The van der Waals surface area contributed by atoms with Crippen LogP contribution in [-0.2, 0) is 6.42 Å². The fraction of sp³-hybridized carbons (Fsp3) is 0.0217. The Bertz CT molecular complexity index is 2490. The number of hydrogen-bond donors (Lipinski definition) is 0. The van der Waals surface area contributed by atoms with Crippen molar-refractivity contribution < 1.29 is 0 Å². The molecular formula is C46H32N4. The molecule has 1 aliphatic rings. The molecule has 4 nitrogen and oxygen atoms in total. The van der Waals surface area contributed by atoms with Crippen molar-refractivity contribution in [1.29, 1.82) is 0 Å². The van der Waals surface area contributed by atoms with E-state index in [1.807, 2.05) is 60.7 Å². The normalized spacial score (nSPS) is 12.4. The predicted octanol–water partition coefficient (Wildman–Crippen LogP) is 11.1. The molecule has 8 aromatic rings. The van der Waals surface area contributed by atoms with Crippen LogP contribution in [-0.4, -0.2) is 19.5 Å². The van der Waals surface area contributed by atoms with Gasteiger partial charge in [0.15, 0.2) is 17.5 Å². The molecule has 0 aliphatic heterocycles. The van der Waals surface area contributed by atoms with Crippen LogP contribution < -0.4 is 0 Å². The van der Waals surface area contributed by atoms with Crippen LogP contribution in [0.15, 0.2) is 176 Å². The summed E-state index contributed by atoms with van der Waals surface area (Å²) < 4.78 is 2.38. The highest BCUT2D eigenvalue weighted by atomic mass is 15.0. The number of nitrogens with zero attached hydrogens (tertiary/aromatic N) is 4. The van der Waals surface area contributed by atoms with Gasteiger partial charge in [-0.3, -0.25) is 0 Å².